The lowest BCUT2D eigenvalue weighted by Crippen LogP contribution is -2.13. The number of hydrogen-bond donors (Lipinski definition) is 1. The first-order valence-corrected chi connectivity index (χ1v) is 6.82. The highest BCUT2D eigenvalue weighted by atomic mass is 35.5. The Morgan fingerprint density at radius 3 is 2.32 bits per heavy atom. The number of halogens is 2. The van der Waals surface area contributed by atoms with Crippen LogP contribution in [0, 0.1) is 12.7 Å². The number of aryl methyl sites for hydroxylation is 1. The monoisotopic (exact) mass is 277 g/mol. The molecule has 0 atom stereocenters. The van der Waals surface area contributed by atoms with Crippen LogP contribution in [0.3, 0.4) is 0 Å². The third-order valence-electron chi connectivity index (χ3n) is 3.13. The highest BCUT2D eigenvalue weighted by molar-refractivity contribution is 6.17. The molecule has 0 aliphatic rings. The standard InChI is InChI=1S/C16H17ClFN/c1-12-8-16(18)7-6-15(12)11-19-10-14-4-2-13(9-17)3-5-14/h2-8,19H,9-11H2,1H3. The van der Waals surface area contributed by atoms with Gasteiger partial charge >= 0.3 is 0 Å². The molecule has 2 aromatic rings. The summed E-state index contributed by atoms with van der Waals surface area (Å²) in [7, 11) is 0. The maximum Gasteiger partial charge on any atom is 0.123 e. The van der Waals surface area contributed by atoms with Gasteiger partial charge in [0, 0.05) is 19.0 Å². The van der Waals surface area contributed by atoms with Crippen molar-refractivity contribution >= 4 is 11.6 Å². The van der Waals surface area contributed by atoms with Gasteiger partial charge in [-0.3, -0.25) is 0 Å². The van der Waals surface area contributed by atoms with Crippen molar-refractivity contribution in [2.45, 2.75) is 25.9 Å². The van der Waals surface area contributed by atoms with E-state index in [1.54, 1.807) is 6.07 Å². The first kappa shape index (κ1) is 14.0. The van der Waals surface area contributed by atoms with Crippen molar-refractivity contribution in [3.05, 3.63) is 70.5 Å². The molecular formula is C16H17ClFN. The molecule has 0 saturated carbocycles. The molecule has 0 fully saturated rings. The summed E-state index contributed by atoms with van der Waals surface area (Å²) in [6.07, 6.45) is 0. The second kappa shape index (κ2) is 6.69. The summed E-state index contributed by atoms with van der Waals surface area (Å²) in [5.41, 5.74) is 4.44. The topological polar surface area (TPSA) is 12.0 Å². The van der Waals surface area contributed by atoms with Gasteiger partial charge in [0.2, 0.25) is 0 Å². The van der Waals surface area contributed by atoms with Gasteiger partial charge in [-0.2, -0.15) is 0 Å². The van der Waals surface area contributed by atoms with Crippen LogP contribution in [-0.4, -0.2) is 0 Å². The van der Waals surface area contributed by atoms with Crippen LogP contribution in [0.4, 0.5) is 4.39 Å². The Morgan fingerprint density at radius 2 is 1.68 bits per heavy atom. The fraction of sp³-hybridized carbons (Fsp3) is 0.250. The fourth-order valence-electron chi connectivity index (χ4n) is 1.95. The first-order valence-electron chi connectivity index (χ1n) is 6.28. The third-order valence-corrected chi connectivity index (χ3v) is 3.44. The van der Waals surface area contributed by atoms with Crippen LogP contribution in [0.25, 0.3) is 0 Å². The largest absolute Gasteiger partial charge is 0.309 e. The maximum atomic E-state index is 13.0. The highest BCUT2D eigenvalue weighted by Crippen LogP contribution is 2.11. The Bertz CT molecular complexity index is 537. The van der Waals surface area contributed by atoms with Crippen molar-refractivity contribution in [3.63, 3.8) is 0 Å². The van der Waals surface area contributed by atoms with Crippen LogP contribution in [0.2, 0.25) is 0 Å². The number of nitrogens with one attached hydrogen (secondary N) is 1. The molecule has 0 aromatic heterocycles. The minimum atomic E-state index is -0.182. The van der Waals surface area contributed by atoms with E-state index in [1.807, 2.05) is 25.1 Å². The second-order valence-corrected chi connectivity index (χ2v) is 4.89. The van der Waals surface area contributed by atoms with E-state index in [9.17, 15) is 4.39 Å². The molecular weight excluding hydrogens is 261 g/mol. The van der Waals surface area contributed by atoms with Gasteiger partial charge < -0.3 is 5.32 Å². The van der Waals surface area contributed by atoms with Crippen molar-refractivity contribution in [1.29, 1.82) is 0 Å². The average molecular weight is 278 g/mol. The van der Waals surface area contributed by atoms with Crippen LogP contribution in [0.1, 0.15) is 22.3 Å². The lowest BCUT2D eigenvalue weighted by Gasteiger charge is -2.08. The Kier molecular flexibility index (Phi) is 4.94. The Morgan fingerprint density at radius 1 is 1.00 bits per heavy atom. The SMILES string of the molecule is Cc1cc(F)ccc1CNCc1ccc(CCl)cc1. The van der Waals surface area contributed by atoms with E-state index in [2.05, 4.69) is 17.4 Å². The van der Waals surface area contributed by atoms with Crippen LogP contribution < -0.4 is 5.32 Å². The molecule has 0 unspecified atom stereocenters. The molecule has 0 amide bonds. The van der Waals surface area contributed by atoms with Crippen LogP contribution >= 0.6 is 11.6 Å². The zero-order chi connectivity index (χ0) is 13.7. The van der Waals surface area contributed by atoms with Crippen LogP contribution in [-0.2, 0) is 19.0 Å². The molecule has 0 radical (unpaired) electrons. The van der Waals surface area contributed by atoms with Gasteiger partial charge in [-0.15, -0.1) is 11.6 Å². The maximum absolute atomic E-state index is 13.0. The van der Waals surface area contributed by atoms with Gasteiger partial charge in [-0.25, -0.2) is 4.39 Å². The van der Waals surface area contributed by atoms with Gasteiger partial charge in [0.05, 0.1) is 0 Å². The lowest BCUT2D eigenvalue weighted by atomic mass is 10.1. The summed E-state index contributed by atoms with van der Waals surface area (Å²) in [5.74, 6) is 0.362. The molecule has 1 N–H and O–H groups in total. The zero-order valence-corrected chi connectivity index (χ0v) is 11.7. The van der Waals surface area contributed by atoms with Crippen LogP contribution in [0.5, 0.6) is 0 Å². The van der Waals surface area contributed by atoms with Gasteiger partial charge in [0.15, 0.2) is 0 Å². The van der Waals surface area contributed by atoms with Gasteiger partial charge in [-0.1, -0.05) is 30.3 Å². The van der Waals surface area contributed by atoms with E-state index in [1.165, 1.54) is 11.6 Å². The molecule has 0 saturated heterocycles. The smallest absolute Gasteiger partial charge is 0.123 e. The predicted molar refractivity (Wildman–Crippen MR) is 77.7 cm³/mol. The van der Waals surface area contributed by atoms with E-state index in [0.717, 1.165) is 29.8 Å². The molecule has 19 heavy (non-hydrogen) atoms. The first-order chi connectivity index (χ1) is 9.19. The Hall–Kier alpha value is -1.38. The minimum Gasteiger partial charge on any atom is -0.309 e. The van der Waals surface area contributed by atoms with E-state index in [4.69, 9.17) is 11.6 Å². The molecule has 0 bridgehead atoms. The molecule has 1 nitrogen and oxygen atoms in total. The lowest BCUT2D eigenvalue weighted by molar-refractivity contribution is 0.623. The summed E-state index contributed by atoms with van der Waals surface area (Å²) >= 11 is 5.75. The molecule has 0 spiro atoms. The third kappa shape index (κ3) is 4.05. The van der Waals surface area contributed by atoms with Gasteiger partial charge in [-0.05, 0) is 41.3 Å². The number of alkyl halides is 1. The van der Waals surface area contributed by atoms with Crippen LogP contribution in [0.15, 0.2) is 42.5 Å². The van der Waals surface area contributed by atoms with Crippen molar-refractivity contribution < 1.29 is 4.39 Å². The van der Waals surface area contributed by atoms with Gasteiger partial charge in [0.1, 0.15) is 5.82 Å². The van der Waals surface area contributed by atoms with E-state index in [-0.39, 0.29) is 5.82 Å². The molecule has 0 heterocycles. The number of rotatable bonds is 5. The van der Waals surface area contributed by atoms with Crippen molar-refractivity contribution in [2.75, 3.05) is 0 Å². The Labute approximate surface area is 118 Å². The summed E-state index contributed by atoms with van der Waals surface area (Å²) in [4.78, 5) is 0. The zero-order valence-electron chi connectivity index (χ0n) is 10.9. The minimum absolute atomic E-state index is 0.182. The molecule has 3 heteroatoms. The van der Waals surface area contributed by atoms with Crippen molar-refractivity contribution in [2.24, 2.45) is 0 Å². The fourth-order valence-corrected chi connectivity index (χ4v) is 2.12. The molecule has 2 rings (SSSR count). The summed E-state index contributed by atoms with van der Waals surface area (Å²) in [6.45, 7) is 3.46. The van der Waals surface area contributed by atoms with E-state index >= 15 is 0 Å². The number of hydrogen-bond acceptors (Lipinski definition) is 1. The number of benzene rings is 2. The summed E-state index contributed by atoms with van der Waals surface area (Å²) < 4.78 is 13.0. The summed E-state index contributed by atoms with van der Waals surface area (Å²) in [6, 6.07) is 13.1. The summed E-state index contributed by atoms with van der Waals surface area (Å²) in [5, 5.41) is 3.36. The molecule has 2 aromatic carbocycles. The normalized spacial score (nSPS) is 10.7. The quantitative estimate of drug-likeness (QED) is 0.809. The van der Waals surface area contributed by atoms with Gasteiger partial charge in [0.25, 0.3) is 0 Å². The predicted octanol–water partition coefficient (Wildman–Crippen LogP) is 4.16. The van der Waals surface area contributed by atoms with Crippen molar-refractivity contribution in [3.8, 4) is 0 Å². The molecule has 0 aliphatic carbocycles. The molecule has 0 aliphatic heterocycles. The average Bonchev–Trinajstić information content (AvgIpc) is 2.42. The van der Waals surface area contributed by atoms with E-state index in [0.29, 0.717) is 5.88 Å². The Balaban J connectivity index is 1.88. The van der Waals surface area contributed by atoms with E-state index < -0.39 is 0 Å². The van der Waals surface area contributed by atoms with Crippen molar-refractivity contribution in [1.82, 2.24) is 5.32 Å². The second-order valence-electron chi connectivity index (χ2n) is 4.62. The molecule has 100 valence electrons. The highest BCUT2D eigenvalue weighted by Gasteiger charge is 2.00.